The lowest BCUT2D eigenvalue weighted by Crippen LogP contribution is -2.36. The lowest BCUT2D eigenvalue weighted by molar-refractivity contribution is 0.102. The van der Waals surface area contributed by atoms with Crippen LogP contribution in [0.2, 0.25) is 0 Å². The summed E-state index contributed by atoms with van der Waals surface area (Å²) in [4.78, 5) is 11.9. The maximum Gasteiger partial charge on any atom is 0.255 e. The minimum absolute atomic E-state index is 0.0980. The molecule has 2 aromatic rings. The van der Waals surface area contributed by atoms with Crippen LogP contribution in [0.3, 0.4) is 0 Å². The highest BCUT2D eigenvalue weighted by atomic mass is 32.2. The first-order valence-corrected chi connectivity index (χ1v) is 9.58. The summed E-state index contributed by atoms with van der Waals surface area (Å²) in [7, 11) is -3.94. The SMILES string of the molecule is O=C(Nc1ccccc1)c1ccc(F)c(S(=O)(=O)N2CCCCC2)c1. The molecule has 7 heteroatoms. The molecule has 0 atom stereocenters. The Balaban J connectivity index is 1.88. The van der Waals surface area contributed by atoms with E-state index >= 15 is 0 Å². The molecule has 132 valence electrons. The Bertz CT molecular complexity index is 863. The van der Waals surface area contributed by atoms with Crippen molar-refractivity contribution >= 4 is 21.6 Å². The van der Waals surface area contributed by atoms with Crippen LogP contribution in [0, 0.1) is 5.82 Å². The molecule has 1 heterocycles. The van der Waals surface area contributed by atoms with Crippen LogP contribution < -0.4 is 5.32 Å². The molecule has 3 rings (SSSR count). The highest BCUT2D eigenvalue weighted by molar-refractivity contribution is 7.89. The number of sulfonamides is 1. The Morgan fingerprint density at radius 2 is 1.68 bits per heavy atom. The van der Waals surface area contributed by atoms with Crippen molar-refractivity contribution in [2.24, 2.45) is 0 Å². The zero-order chi connectivity index (χ0) is 17.9. The summed E-state index contributed by atoms with van der Waals surface area (Å²) in [5, 5.41) is 2.67. The number of nitrogens with one attached hydrogen (secondary N) is 1. The van der Waals surface area contributed by atoms with Gasteiger partial charge in [0.25, 0.3) is 5.91 Å². The number of halogens is 1. The van der Waals surface area contributed by atoms with Gasteiger partial charge in [-0.3, -0.25) is 4.79 Å². The molecule has 0 unspecified atom stereocenters. The molecule has 0 spiro atoms. The van der Waals surface area contributed by atoms with E-state index in [0.29, 0.717) is 18.8 Å². The maximum absolute atomic E-state index is 14.2. The van der Waals surface area contributed by atoms with E-state index in [1.807, 2.05) is 6.07 Å². The van der Waals surface area contributed by atoms with Gasteiger partial charge in [0.2, 0.25) is 10.0 Å². The van der Waals surface area contributed by atoms with Gasteiger partial charge in [0.15, 0.2) is 0 Å². The Morgan fingerprint density at radius 1 is 1.00 bits per heavy atom. The van der Waals surface area contributed by atoms with Crippen molar-refractivity contribution in [1.82, 2.24) is 4.31 Å². The van der Waals surface area contributed by atoms with E-state index in [1.54, 1.807) is 24.3 Å². The van der Waals surface area contributed by atoms with Crippen LogP contribution in [0.25, 0.3) is 0 Å². The first kappa shape index (κ1) is 17.6. The third-order valence-electron chi connectivity index (χ3n) is 4.16. The Hall–Kier alpha value is -2.25. The topological polar surface area (TPSA) is 66.5 Å². The van der Waals surface area contributed by atoms with Gasteiger partial charge in [-0.1, -0.05) is 24.6 Å². The molecule has 5 nitrogen and oxygen atoms in total. The van der Waals surface area contributed by atoms with E-state index in [1.165, 1.54) is 10.4 Å². The fourth-order valence-corrected chi connectivity index (χ4v) is 4.42. The second-order valence-corrected chi connectivity index (χ2v) is 7.84. The van der Waals surface area contributed by atoms with Gasteiger partial charge in [0, 0.05) is 24.3 Å². The van der Waals surface area contributed by atoms with E-state index in [-0.39, 0.29) is 5.56 Å². The number of nitrogens with zero attached hydrogens (tertiary/aromatic N) is 1. The first-order chi connectivity index (χ1) is 12.0. The number of hydrogen-bond donors (Lipinski definition) is 1. The van der Waals surface area contributed by atoms with E-state index in [2.05, 4.69) is 5.32 Å². The standard InChI is InChI=1S/C18H19FN2O3S/c19-16-10-9-14(18(22)20-15-7-3-1-4-8-15)13-17(16)25(23,24)21-11-5-2-6-12-21/h1,3-4,7-10,13H,2,5-6,11-12H2,(H,20,22). The van der Waals surface area contributed by atoms with E-state index in [0.717, 1.165) is 31.4 Å². The van der Waals surface area contributed by atoms with Crippen LogP contribution in [0.1, 0.15) is 29.6 Å². The van der Waals surface area contributed by atoms with Crippen molar-refractivity contribution in [2.45, 2.75) is 24.2 Å². The van der Waals surface area contributed by atoms with Gasteiger partial charge in [-0.25, -0.2) is 12.8 Å². The van der Waals surface area contributed by atoms with Crippen LogP contribution in [0.4, 0.5) is 10.1 Å². The predicted octanol–water partition coefficient (Wildman–Crippen LogP) is 3.25. The second-order valence-electron chi connectivity index (χ2n) is 5.93. The summed E-state index contributed by atoms with van der Waals surface area (Å²) in [6.45, 7) is 0.754. The van der Waals surface area contributed by atoms with Gasteiger partial charge in [-0.15, -0.1) is 0 Å². The van der Waals surface area contributed by atoms with Crippen LogP contribution in [0.15, 0.2) is 53.4 Å². The molecule has 0 radical (unpaired) electrons. The highest BCUT2D eigenvalue weighted by Gasteiger charge is 2.29. The molecule has 1 amide bonds. The molecule has 1 fully saturated rings. The minimum atomic E-state index is -3.94. The molecule has 0 aliphatic carbocycles. The fraction of sp³-hybridized carbons (Fsp3) is 0.278. The Morgan fingerprint density at radius 3 is 2.36 bits per heavy atom. The number of benzene rings is 2. The molecule has 0 aromatic heterocycles. The van der Waals surface area contributed by atoms with Crippen molar-refractivity contribution in [3.63, 3.8) is 0 Å². The molecule has 1 aliphatic heterocycles. The van der Waals surface area contributed by atoms with Gasteiger partial charge in [-0.05, 0) is 43.2 Å². The second kappa shape index (κ2) is 7.33. The van der Waals surface area contributed by atoms with Crippen LogP contribution >= 0.6 is 0 Å². The van der Waals surface area contributed by atoms with E-state index < -0.39 is 26.6 Å². The fourth-order valence-electron chi connectivity index (χ4n) is 2.81. The largest absolute Gasteiger partial charge is 0.322 e. The highest BCUT2D eigenvalue weighted by Crippen LogP contribution is 2.24. The van der Waals surface area contributed by atoms with Crippen molar-refractivity contribution in [1.29, 1.82) is 0 Å². The van der Waals surface area contributed by atoms with Crippen LogP contribution in [0.5, 0.6) is 0 Å². The molecule has 0 saturated carbocycles. The van der Waals surface area contributed by atoms with Crippen molar-refractivity contribution in [3.05, 3.63) is 59.9 Å². The van der Waals surface area contributed by atoms with Crippen LogP contribution in [-0.4, -0.2) is 31.7 Å². The summed E-state index contributed by atoms with van der Waals surface area (Å²) in [6, 6.07) is 12.2. The third-order valence-corrected chi connectivity index (χ3v) is 6.07. The number of anilines is 1. The first-order valence-electron chi connectivity index (χ1n) is 8.14. The molecule has 0 bridgehead atoms. The van der Waals surface area contributed by atoms with Gasteiger partial charge in [0.1, 0.15) is 10.7 Å². The lowest BCUT2D eigenvalue weighted by atomic mass is 10.2. The predicted molar refractivity (Wildman–Crippen MR) is 93.4 cm³/mol. The zero-order valence-electron chi connectivity index (χ0n) is 13.6. The number of amides is 1. The summed E-state index contributed by atoms with van der Waals surface area (Å²) >= 11 is 0. The normalized spacial score (nSPS) is 15.7. The maximum atomic E-state index is 14.2. The molecular formula is C18H19FN2O3S. The van der Waals surface area contributed by atoms with E-state index in [4.69, 9.17) is 0 Å². The summed E-state index contributed by atoms with van der Waals surface area (Å²) in [5.74, 6) is -1.33. The summed E-state index contributed by atoms with van der Waals surface area (Å²) < 4.78 is 40.8. The lowest BCUT2D eigenvalue weighted by Gasteiger charge is -2.26. The molecular weight excluding hydrogens is 343 g/mol. The number of hydrogen-bond acceptors (Lipinski definition) is 3. The molecule has 2 aromatic carbocycles. The Kier molecular flexibility index (Phi) is 5.15. The number of rotatable bonds is 4. The van der Waals surface area contributed by atoms with Crippen molar-refractivity contribution in [3.8, 4) is 0 Å². The monoisotopic (exact) mass is 362 g/mol. The average molecular weight is 362 g/mol. The minimum Gasteiger partial charge on any atom is -0.322 e. The zero-order valence-corrected chi connectivity index (χ0v) is 14.4. The molecule has 1 saturated heterocycles. The summed E-state index contributed by atoms with van der Waals surface area (Å²) in [5.41, 5.74) is 0.679. The van der Waals surface area contributed by atoms with Crippen molar-refractivity contribution in [2.75, 3.05) is 18.4 Å². The number of carbonyl (C=O) groups excluding carboxylic acids is 1. The quantitative estimate of drug-likeness (QED) is 0.908. The third kappa shape index (κ3) is 3.88. The molecule has 1 N–H and O–H groups in total. The van der Waals surface area contributed by atoms with Gasteiger partial charge in [-0.2, -0.15) is 4.31 Å². The Labute approximate surface area is 146 Å². The van der Waals surface area contributed by atoms with Crippen molar-refractivity contribution < 1.29 is 17.6 Å². The number of piperidine rings is 1. The van der Waals surface area contributed by atoms with Gasteiger partial charge >= 0.3 is 0 Å². The number of carbonyl (C=O) groups is 1. The van der Waals surface area contributed by atoms with Crippen LogP contribution in [-0.2, 0) is 10.0 Å². The average Bonchev–Trinajstić information content (AvgIpc) is 2.63. The molecule has 25 heavy (non-hydrogen) atoms. The number of para-hydroxylation sites is 1. The smallest absolute Gasteiger partial charge is 0.255 e. The van der Waals surface area contributed by atoms with Gasteiger partial charge in [0.05, 0.1) is 0 Å². The summed E-state index contributed by atoms with van der Waals surface area (Å²) in [6.07, 6.45) is 2.48. The van der Waals surface area contributed by atoms with Gasteiger partial charge < -0.3 is 5.32 Å². The van der Waals surface area contributed by atoms with E-state index in [9.17, 15) is 17.6 Å². The molecule has 1 aliphatic rings.